The molecule has 3 rings (SSSR count). The van der Waals surface area contributed by atoms with Crippen molar-refractivity contribution in [1.29, 1.82) is 0 Å². The first kappa shape index (κ1) is 15.3. The van der Waals surface area contributed by atoms with Crippen LogP contribution in [-0.2, 0) is 17.6 Å². The number of pyridine rings is 1. The van der Waals surface area contributed by atoms with Gasteiger partial charge in [-0.3, -0.25) is 9.78 Å². The van der Waals surface area contributed by atoms with Gasteiger partial charge in [-0.2, -0.15) is 0 Å². The molecule has 23 heavy (non-hydrogen) atoms. The van der Waals surface area contributed by atoms with Crippen molar-refractivity contribution in [2.75, 3.05) is 6.54 Å². The summed E-state index contributed by atoms with van der Waals surface area (Å²) in [7, 11) is 0. The molecule has 2 aromatic heterocycles. The lowest BCUT2D eigenvalue weighted by Crippen LogP contribution is -2.25. The lowest BCUT2D eigenvalue weighted by molar-refractivity contribution is -0.121. The third-order valence-electron chi connectivity index (χ3n) is 3.98. The van der Waals surface area contributed by atoms with Crippen molar-refractivity contribution in [1.82, 2.24) is 15.3 Å². The number of fused-ring (bicyclic) bond motifs is 1. The maximum Gasteiger partial charge on any atom is 0.220 e. The molecule has 4 nitrogen and oxygen atoms in total. The van der Waals surface area contributed by atoms with Gasteiger partial charge in [0.25, 0.3) is 0 Å². The van der Waals surface area contributed by atoms with Gasteiger partial charge in [0.1, 0.15) is 0 Å². The van der Waals surface area contributed by atoms with Crippen LogP contribution in [0.3, 0.4) is 0 Å². The molecule has 0 spiro atoms. The van der Waals surface area contributed by atoms with Crippen LogP contribution in [0, 0.1) is 0 Å². The van der Waals surface area contributed by atoms with Crippen molar-refractivity contribution < 1.29 is 4.79 Å². The van der Waals surface area contributed by atoms with E-state index in [1.165, 1.54) is 10.9 Å². The normalized spacial score (nSPS) is 10.8. The minimum absolute atomic E-state index is 0.119. The van der Waals surface area contributed by atoms with E-state index in [0.717, 1.165) is 30.3 Å². The van der Waals surface area contributed by atoms with Crippen LogP contribution in [0.5, 0.6) is 0 Å². The molecule has 0 atom stereocenters. The first-order chi connectivity index (χ1) is 11.3. The number of aromatic nitrogens is 2. The molecule has 2 heterocycles. The largest absolute Gasteiger partial charge is 0.361 e. The van der Waals surface area contributed by atoms with Crippen molar-refractivity contribution in [2.45, 2.75) is 25.7 Å². The molecule has 118 valence electrons. The van der Waals surface area contributed by atoms with E-state index >= 15 is 0 Å². The van der Waals surface area contributed by atoms with Crippen molar-refractivity contribution in [3.05, 3.63) is 66.1 Å². The van der Waals surface area contributed by atoms with Gasteiger partial charge < -0.3 is 10.3 Å². The van der Waals surface area contributed by atoms with Crippen LogP contribution in [0.4, 0.5) is 0 Å². The van der Waals surface area contributed by atoms with Gasteiger partial charge in [0.15, 0.2) is 0 Å². The third kappa shape index (κ3) is 4.19. The number of H-pyrrole nitrogens is 1. The van der Waals surface area contributed by atoms with E-state index in [9.17, 15) is 4.79 Å². The number of aromatic amines is 1. The van der Waals surface area contributed by atoms with Gasteiger partial charge in [-0.05, 0) is 42.5 Å². The average Bonchev–Trinajstić information content (AvgIpc) is 2.99. The minimum atomic E-state index is 0.119. The number of benzene rings is 1. The SMILES string of the molecule is O=C(CCCc1c[nH]c2ccccc12)NCCc1cccnc1. The van der Waals surface area contributed by atoms with Crippen LogP contribution < -0.4 is 5.32 Å². The average molecular weight is 307 g/mol. The summed E-state index contributed by atoms with van der Waals surface area (Å²) in [6, 6.07) is 12.2. The topological polar surface area (TPSA) is 57.8 Å². The molecular weight excluding hydrogens is 286 g/mol. The van der Waals surface area contributed by atoms with Gasteiger partial charge in [0, 0.05) is 42.5 Å². The molecule has 0 aliphatic heterocycles. The molecule has 0 radical (unpaired) electrons. The number of aryl methyl sites for hydroxylation is 1. The Morgan fingerprint density at radius 2 is 2.04 bits per heavy atom. The summed E-state index contributed by atoms with van der Waals surface area (Å²) in [4.78, 5) is 19.2. The number of nitrogens with one attached hydrogen (secondary N) is 2. The van der Waals surface area contributed by atoms with E-state index in [1.54, 1.807) is 6.20 Å². The van der Waals surface area contributed by atoms with E-state index in [0.29, 0.717) is 13.0 Å². The Balaban J connectivity index is 1.39. The highest BCUT2D eigenvalue weighted by molar-refractivity contribution is 5.83. The molecule has 4 heteroatoms. The number of nitrogens with zero attached hydrogens (tertiary/aromatic N) is 1. The number of hydrogen-bond acceptors (Lipinski definition) is 2. The number of rotatable bonds is 7. The standard InChI is InChI=1S/C19H21N3O/c23-19(21-12-10-15-5-4-11-20-13-15)9-3-6-16-14-22-18-8-2-1-7-17(16)18/h1-2,4-5,7-8,11,13-14,22H,3,6,9-10,12H2,(H,21,23). The third-order valence-corrected chi connectivity index (χ3v) is 3.98. The van der Waals surface area contributed by atoms with E-state index in [4.69, 9.17) is 0 Å². The van der Waals surface area contributed by atoms with Crippen molar-refractivity contribution in [2.24, 2.45) is 0 Å². The van der Waals surface area contributed by atoms with E-state index < -0.39 is 0 Å². The molecule has 2 N–H and O–H groups in total. The van der Waals surface area contributed by atoms with Gasteiger partial charge in [-0.25, -0.2) is 0 Å². The molecule has 1 aromatic carbocycles. The number of amides is 1. The van der Waals surface area contributed by atoms with Crippen LogP contribution in [0.25, 0.3) is 10.9 Å². The fraction of sp³-hybridized carbons (Fsp3) is 0.263. The predicted molar refractivity (Wildman–Crippen MR) is 92.2 cm³/mol. The minimum Gasteiger partial charge on any atom is -0.361 e. The fourth-order valence-electron chi connectivity index (χ4n) is 2.76. The van der Waals surface area contributed by atoms with E-state index in [-0.39, 0.29) is 5.91 Å². The van der Waals surface area contributed by atoms with Crippen molar-refractivity contribution in [3.8, 4) is 0 Å². The molecule has 0 saturated heterocycles. The summed E-state index contributed by atoms with van der Waals surface area (Å²) in [5.74, 6) is 0.119. The Morgan fingerprint density at radius 1 is 1.13 bits per heavy atom. The summed E-state index contributed by atoms with van der Waals surface area (Å²) < 4.78 is 0. The van der Waals surface area contributed by atoms with Gasteiger partial charge in [-0.1, -0.05) is 24.3 Å². The Labute approximate surface area is 136 Å². The fourth-order valence-corrected chi connectivity index (χ4v) is 2.76. The molecule has 0 aliphatic carbocycles. The maximum atomic E-state index is 11.9. The quantitative estimate of drug-likeness (QED) is 0.704. The number of para-hydroxylation sites is 1. The summed E-state index contributed by atoms with van der Waals surface area (Å²) in [5, 5.41) is 4.23. The zero-order valence-corrected chi connectivity index (χ0v) is 13.1. The first-order valence-corrected chi connectivity index (χ1v) is 8.03. The Kier molecular flexibility index (Phi) is 5.04. The monoisotopic (exact) mass is 307 g/mol. The van der Waals surface area contributed by atoms with Gasteiger partial charge in [-0.15, -0.1) is 0 Å². The lowest BCUT2D eigenvalue weighted by Gasteiger charge is -2.05. The summed E-state index contributed by atoms with van der Waals surface area (Å²) in [6.45, 7) is 0.664. The molecule has 1 amide bonds. The second-order valence-electron chi connectivity index (χ2n) is 5.67. The highest BCUT2D eigenvalue weighted by Crippen LogP contribution is 2.19. The van der Waals surface area contributed by atoms with Gasteiger partial charge in [0.05, 0.1) is 0 Å². The maximum absolute atomic E-state index is 11.9. The van der Waals surface area contributed by atoms with E-state index in [2.05, 4.69) is 27.4 Å². The lowest BCUT2D eigenvalue weighted by atomic mass is 10.1. The van der Waals surface area contributed by atoms with Crippen molar-refractivity contribution in [3.63, 3.8) is 0 Å². The molecule has 0 aliphatic rings. The number of carbonyl (C=O) groups is 1. The zero-order chi connectivity index (χ0) is 15.9. The van der Waals surface area contributed by atoms with Gasteiger partial charge in [0.2, 0.25) is 5.91 Å². The summed E-state index contributed by atoms with van der Waals surface area (Å²) in [6.07, 6.45) is 8.80. The smallest absolute Gasteiger partial charge is 0.220 e. The first-order valence-electron chi connectivity index (χ1n) is 8.03. The highest BCUT2D eigenvalue weighted by atomic mass is 16.1. The second-order valence-corrected chi connectivity index (χ2v) is 5.67. The number of hydrogen-bond donors (Lipinski definition) is 2. The summed E-state index contributed by atoms with van der Waals surface area (Å²) >= 11 is 0. The van der Waals surface area contributed by atoms with Crippen LogP contribution in [0.15, 0.2) is 55.0 Å². The Morgan fingerprint density at radius 3 is 2.91 bits per heavy atom. The number of carbonyl (C=O) groups excluding carboxylic acids is 1. The van der Waals surface area contributed by atoms with Crippen LogP contribution in [0.1, 0.15) is 24.0 Å². The predicted octanol–water partition coefficient (Wildman–Crippen LogP) is 3.24. The van der Waals surface area contributed by atoms with E-state index in [1.807, 2.05) is 36.7 Å². The van der Waals surface area contributed by atoms with Crippen molar-refractivity contribution >= 4 is 16.8 Å². The van der Waals surface area contributed by atoms with Crippen LogP contribution in [0.2, 0.25) is 0 Å². The zero-order valence-electron chi connectivity index (χ0n) is 13.1. The van der Waals surface area contributed by atoms with Crippen LogP contribution >= 0.6 is 0 Å². The Bertz CT molecular complexity index is 764. The highest BCUT2D eigenvalue weighted by Gasteiger charge is 2.05. The molecule has 0 bridgehead atoms. The molecule has 0 fully saturated rings. The van der Waals surface area contributed by atoms with Crippen LogP contribution in [-0.4, -0.2) is 22.4 Å². The molecule has 0 saturated carbocycles. The molecule has 3 aromatic rings. The second kappa shape index (κ2) is 7.58. The van der Waals surface area contributed by atoms with Gasteiger partial charge >= 0.3 is 0 Å². The molecule has 0 unspecified atom stereocenters. The summed E-state index contributed by atoms with van der Waals surface area (Å²) in [5.41, 5.74) is 3.58. The Hall–Kier alpha value is -2.62. The molecular formula is C19H21N3O.